The molecule has 2 rings (SSSR count). The number of hydrogen-bond acceptors (Lipinski definition) is 4. The molecule has 2 amide bonds. The van der Waals surface area contributed by atoms with Crippen LogP contribution in [0.2, 0.25) is 0 Å². The van der Waals surface area contributed by atoms with Gasteiger partial charge in [-0.25, -0.2) is 0 Å². The van der Waals surface area contributed by atoms with Crippen LogP contribution in [0, 0.1) is 0 Å². The van der Waals surface area contributed by atoms with Crippen LogP contribution in [0.1, 0.15) is 20.3 Å². The summed E-state index contributed by atoms with van der Waals surface area (Å²) in [6.45, 7) is 9.53. The lowest BCUT2D eigenvalue weighted by atomic mass is 10.2. The summed E-state index contributed by atoms with van der Waals surface area (Å²) in [4.78, 5) is 30.0. The van der Waals surface area contributed by atoms with Crippen molar-refractivity contribution >= 4 is 11.8 Å². The lowest BCUT2D eigenvalue weighted by molar-refractivity contribution is -0.142. The maximum atomic E-state index is 12.4. The summed E-state index contributed by atoms with van der Waals surface area (Å²) in [5, 5.41) is 0. The second kappa shape index (κ2) is 7.04. The van der Waals surface area contributed by atoms with Crippen molar-refractivity contribution < 1.29 is 14.3 Å². The zero-order chi connectivity index (χ0) is 14.5. The van der Waals surface area contributed by atoms with Crippen LogP contribution in [0.25, 0.3) is 0 Å². The normalized spacial score (nSPS) is 22.7. The molecule has 0 spiro atoms. The first-order chi connectivity index (χ1) is 9.63. The van der Waals surface area contributed by atoms with Gasteiger partial charge in [0, 0.05) is 45.7 Å². The van der Waals surface area contributed by atoms with Crippen molar-refractivity contribution in [3.8, 4) is 0 Å². The van der Waals surface area contributed by atoms with Crippen LogP contribution >= 0.6 is 0 Å². The second-order valence-electron chi connectivity index (χ2n) is 5.38. The molecule has 0 aromatic carbocycles. The average Bonchev–Trinajstić information content (AvgIpc) is 2.53. The van der Waals surface area contributed by atoms with Crippen molar-refractivity contribution in [2.24, 2.45) is 0 Å². The third kappa shape index (κ3) is 3.49. The molecule has 20 heavy (non-hydrogen) atoms. The first-order valence-electron chi connectivity index (χ1n) is 7.52. The maximum Gasteiger partial charge on any atom is 0.239 e. The van der Waals surface area contributed by atoms with E-state index in [-0.39, 0.29) is 17.9 Å². The second-order valence-corrected chi connectivity index (χ2v) is 5.38. The number of hydrogen-bond donors (Lipinski definition) is 0. The molecule has 2 fully saturated rings. The van der Waals surface area contributed by atoms with Crippen LogP contribution in [0.5, 0.6) is 0 Å². The first-order valence-corrected chi connectivity index (χ1v) is 7.52. The van der Waals surface area contributed by atoms with Crippen molar-refractivity contribution in [3.05, 3.63) is 0 Å². The van der Waals surface area contributed by atoms with Gasteiger partial charge in [-0.05, 0) is 6.92 Å². The van der Waals surface area contributed by atoms with Gasteiger partial charge >= 0.3 is 0 Å². The number of amides is 2. The summed E-state index contributed by atoms with van der Waals surface area (Å²) >= 11 is 0. The molecule has 0 aromatic heterocycles. The Bertz CT molecular complexity index is 348. The lowest BCUT2D eigenvalue weighted by Gasteiger charge is -2.39. The summed E-state index contributed by atoms with van der Waals surface area (Å²) in [7, 11) is 0. The minimum atomic E-state index is -0.105. The third-order valence-corrected chi connectivity index (χ3v) is 4.20. The average molecular weight is 283 g/mol. The van der Waals surface area contributed by atoms with E-state index in [0.717, 1.165) is 26.2 Å². The van der Waals surface area contributed by atoms with Crippen LogP contribution in [0.3, 0.4) is 0 Å². The Kier molecular flexibility index (Phi) is 5.37. The lowest BCUT2D eigenvalue weighted by Crippen LogP contribution is -2.56. The van der Waals surface area contributed by atoms with Gasteiger partial charge in [0.25, 0.3) is 0 Å². The predicted molar refractivity (Wildman–Crippen MR) is 75.3 cm³/mol. The molecular formula is C14H25N3O3. The van der Waals surface area contributed by atoms with Crippen molar-refractivity contribution in [3.63, 3.8) is 0 Å². The molecule has 2 aliphatic rings. The Morgan fingerprint density at radius 3 is 2.15 bits per heavy atom. The standard InChI is InChI=1S/C14H25N3O3/c1-3-13(18)16-6-4-15(5-7-16)12(2)14(19)17-8-10-20-11-9-17/h12H,3-11H2,1-2H3. The van der Waals surface area contributed by atoms with E-state index in [1.165, 1.54) is 0 Å². The highest BCUT2D eigenvalue weighted by Crippen LogP contribution is 2.11. The number of morpholine rings is 1. The number of nitrogens with zero attached hydrogens (tertiary/aromatic N) is 3. The van der Waals surface area contributed by atoms with Crippen molar-refractivity contribution in [1.29, 1.82) is 0 Å². The number of piperazine rings is 1. The summed E-state index contributed by atoms with van der Waals surface area (Å²) in [6, 6.07) is -0.105. The fourth-order valence-electron chi connectivity index (χ4n) is 2.79. The zero-order valence-corrected chi connectivity index (χ0v) is 12.5. The molecule has 0 saturated carbocycles. The van der Waals surface area contributed by atoms with E-state index in [1.807, 2.05) is 23.6 Å². The van der Waals surface area contributed by atoms with Crippen LogP contribution in [-0.2, 0) is 14.3 Å². The van der Waals surface area contributed by atoms with Crippen LogP contribution < -0.4 is 0 Å². The van der Waals surface area contributed by atoms with Gasteiger partial charge in [0.05, 0.1) is 19.3 Å². The molecule has 0 radical (unpaired) electrons. The van der Waals surface area contributed by atoms with E-state index >= 15 is 0 Å². The molecule has 6 heteroatoms. The van der Waals surface area contributed by atoms with Gasteiger partial charge < -0.3 is 14.5 Å². The van der Waals surface area contributed by atoms with Gasteiger partial charge in [0.15, 0.2) is 0 Å². The number of rotatable bonds is 3. The molecule has 0 N–H and O–H groups in total. The molecular weight excluding hydrogens is 258 g/mol. The molecule has 2 aliphatic heterocycles. The molecule has 6 nitrogen and oxygen atoms in total. The molecule has 2 heterocycles. The fourth-order valence-corrected chi connectivity index (χ4v) is 2.79. The fraction of sp³-hybridized carbons (Fsp3) is 0.857. The van der Waals surface area contributed by atoms with E-state index in [2.05, 4.69) is 4.90 Å². The Balaban J connectivity index is 1.83. The van der Waals surface area contributed by atoms with Crippen LogP contribution in [0.4, 0.5) is 0 Å². The molecule has 1 atom stereocenters. The van der Waals surface area contributed by atoms with E-state index in [9.17, 15) is 9.59 Å². The van der Waals surface area contributed by atoms with Gasteiger partial charge in [-0.1, -0.05) is 6.92 Å². The topological polar surface area (TPSA) is 53.1 Å². The Morgan fingerprint density at radius 1 is 1.00 bits per heavy atom. The first kappa shape index (κ1) is 15.3. The van der Waals surface area contributed by atoms with Gasteiger partial charge in [-0.2, -0.15) is 0 Å². The largest absolute Gasteiger partial charge is 0.378 e. The van der Waals surface area contributed by atoms with Crippen molar-refractivity contribution in [2.45, 2.75) is 26.3 Å². The van der Waals surface area contributed by atoms with Gasteiger partial charge in [0.1, 0.15) is 0 Å². The summed E-state index contributed by atoms with van der Waals surface area (Å²) < 4.78 is 5.28. The minimum absolute atomic E-state index is 0.105. The van der Waals surface area contributed by atoms with Crippen LogP contribution in [0.15, 0.2) is 0 Å². The van der Waals surface area contributed by atoms with Crippen molar-refractivity contribution in [2.75, 3.05) is 52.5 Å². The SMILES string of the molecule is CCC(=O)N1CCN(C(C)C(=O)N2CCOCC2)CC1. The highest BCUT2D eigenvalue weighted by Gasteiger charge is 2.30. The molecule has 0 bridgehead atoms. The van der Waals surface area contributed by atoms with Gasteiger partial charge in [-0.3, -0.25) is 14.5 Å². The van der Waals surface area contributed by atoms with E-state index in [4.69, 9.17) is 4.74 Å². The highest BCUT2D eigenvalue weighted by atomic mass is 16.5. The number of ether oxygens (including phenoxy) is 1. The number of carbonyl (C=O) groups is 2. The van der Waals surface area contributed by atoms with Gasteiger partial charge in [-0.15, -0.1) is 0 Å². The Labute approximate surface area is 120 Å². The third-order valence-electron chi connectivity index (χ3n) is 4.20. The summed E-state index contributed by atoms with van der Waals surface area (Å²) in [5.41, 5.74) is 0. The maximum absolute atomic E-state index is 12.4. The number of carbonyl (C=O) groups excluding carboxylic acids is 2. The minimum Gasteiger partial charge on any atom is -0.378 e. The predicted octanol–water partition coefficient (Wildman–Crippen LogP) is -0.212. The Hall–Kier alpha value is -1.14. The molecule has 2 saturated heterocycles. The van der Waals surface area contributed by atoms with Gasteiger partial charge in [0.2, 0.25) is 11.8 Å². The van der Waals surface area contributed by atoms with E-state index < -0.39 is 0 Å². The van der Waals surface area contributed by atoms with Crippen molar-refractivity contribution in [1.82, 2.24) is 14.7 Å². The monoisotopic (exact) mass is 283 g/mol. The highest BCUT2D eigenvalue weighted by molar-refractivity contribution is 5.81. The zero-order valence-electron chi connectivity index (χ0n) is 12.5. The molecule has 1 unspecified atom stereocenters. The summed E-state index contributed by atoms with van der Waals surface area (Å²) in [5.74, 6) is 0.389. The van der Waals surface area contributed by atoms with E-state index in [1.54, 1.807) is 0 Å². The quantitative estimate of drug-likeness (QED) is 0.719. The molecule has 114 valence electrons. The molecule has 0 aromatic rings. The summed E-state index contributed by atoms with van der Waals surface area (Å²) in [6.07, 6.45) is 0.558. The van der Waals surface area contributed by atoms with Crippen LogP contribution in [-0.4, -0.2) is 85.0 Å². The smallest absolute Gasteiger partial charge is 0.239 e. The Morgan fingerprint density at radius 2 is 1.60 bits per heavy atom. The van der Waals surface area contributed by atoms with E-state index in [0.29, 0.717) is 32.7 Å². The molecule has 0 aliphatic carbocycles.